The second-order valence-electron chi connectivity index (χ2n) is 5.54. The van der Waals surface area contributed by atoms with Crippen molar-refractivity contribution in [3.8, 4) is 0 Å². The fraction of sp³-hybridized carbons (Fsp3) is 0.917. The second kappa shape index (κ2) is 5.33. The van der Waals surface area contributed by atoms with Crippen molar-refractivity contribution in [3.63, 3.8) is 0 Å². The summed E-state index contributed by atoms with van der Waals surface area (Å²) in [5, 5.41) is 11.4. The van der Waals surface area contributed by atoms with Gasteiger partial charge in [0.15, 0.2) is 5.79 Å². The average molecular weight is 245 g/mol. The van der Waals surface area contributed by atoms with Gasteiger partial charge in [-0.05, 0) is 20.3 Å². The maximum Gasteiger partial charge on any atom is 0.249 e. The predicted molar refractivity (Wildman–Crippen MR) is 63.4 cm³/mol. The summed E-state index contributed by atoms with van der Waals surface area (Å²) < 4.78 is 11.2. The summed E-state index contributed by atoms with van der Waals surface area (Å²) in [6.45, 7) is 8.51. The highest BCUT2D eigenvalue weighted by atomic mass is 16.7. The van der Waals surface area contributed by atoms with Crippen molar-refractivity contribution in [2.24, 2.45) is 5.41 Å². The molecule has 0 aromatic rings. The first kappa shape index (κ1) is 14.4. The zero-order valence-corrected chi connectivity index (χ0v) is 11.1. The van der Waals surface area contributed by atoms with Gasteiger partial charge in [0.2, 0.25) is 5.91 Å². The van der Waals surface area contributed by atoms with Gasteiger partial charge in [0.1, 0.15) is 6.10 Å². The van der Waals surface area contributed by atoms with E-state index < -0.39 is 11.9 Å². The summed E-state index contributed by atoms with van der Waals surface area (Å²) in [4.78, 5) is 12.0. The van der Waals surface area contributed by atoms with Gasteiger partial charge in [-0.3, -0.25) is 4.79 Å². The summed E-state index contributed by atoms with van der Waals surface area (Å²) in [5.74, 6) is -0.867. The molecule has 5 nitrogen and oxygen atoms in total. The van der Waals surface area contributed by atoms with E-state index in [-0.39, 0.29) is 17.9 Å². The molecule has 1 aliphatic heterocycles. The van der Waals surface area contributed by atoms with E-state index in [2.05, 4.69) is 5.32 Å². The van der Waals surface area contributed by atoms with Crippen LogP contribution in [0.2, 0.25) is 0 Å². The first-order valence-corrected chi connectivity index (χ1v) is 5.99. The number of rotatable bonds is 4. The van der Waals surface area contributed by atoms with Gasteiger partial charge in [-0.25, -0.2) is 0 Å². The molecule has 0 radical (unpaired) electrons. The van der Waals surface area contributed by atoms with Gasteiger partial charge < -0.3 is 19.9 Å². The third-order valence-corrected chi connectivity index (χ3v) is 2.78. The summed E-state index contributed by atoms with van der Waals surface area (Å²) in [7, 11) is 0. The molecule has 0 aromatic heterocycles. The molecule has 1 saturated heterocycles. The minimum atomic E-state index is -0.728. The molecule has 0 aromatic carbocycles. The van der Waals surface area contributed by atoms with Crippen LogP contribution >= 0.6 is 0 Å². The molecule has 1 atom stereocenters. The summed E-state index contributed by atoms with van der Waals surface area (Å²) in [6, 6.07) is 0. The van der Waals surface area contributed by atoms with Crippen LogP contribution in [0.25, 0.3) is 0 Å². The minimum Gasteiger partial charge on any atom is -0.396 e. The van der Waals surface area contributed by atoms with E-state index in [1.165, 1.54) is 0 Å². The van der Waals surface area contributed by atoms with Crippen LogP contribution in [0, 0.1) is 5.41 Å². The highest BCUT2D eigenvalue weighted by Gasteiger charge is 2.45. The molecule has 1 rings (SSSR count). The summed E-state index contributed by atoms with van der Waals surface area (Å²) in [6.07, 6.45) is 0.0311. The van der Waals surface area contributed by atoms with E-state index in [1.807, 2.05) is 13.8 Å². The van der Waals surface area contributed by atoms with Gasteiger partial charge in [-0.2, -0.15) is 0 Å². The van der Waals surface area contributed by atoms with Crippen molar-refractivity contribution in [2.45, 2.75) is 46.0 Å². The average Bonchev–Trinajstić information content (AvgIpc) is 2.22. The van der Waals surface area contributed by atoms with Crippen molar-refractivity contribution in [1.29, 1.82) is 0 Å². The lowest BCUT2D eigenvalue weighted by Crippen LogP contribution is -2.56. The summed E-state index contributed by atoms with van der Waals surface area (Å²) >= 11 is 0. The third-order valence-electron chi connectivity index (χ3n) is 2.78. The molecule has 1 amide bonds. The number of nitrogens with one attached hydrogen (secondary N) is 1. The number of aliphatic hydroxyl groups excluding tert-OH is 1. The van der Waals surface area contributed by atoms with Gasteiger partial charge >= 0.3 is 0 Å². The Morgan fingerprint density at radius 1 is 1.41 bits per heavy atom. The first-order chi connectivity index (χ1) is 7.78. The van der Waals surface area contributed by atoms with Crippen LogP contribution in [0.5, 0.6) is 0 Å². The Labute approximate surface area is 102 Å². The van der Waals surface area contributed by atoms with Crippen LogP contribution in [0.4, 0.5) is 0 Å². The van der Waals surface area contributed by atoms with Crippen LogP contribution in [0.1, 0.15) is 34.1 Å². The quantitative estimate of drug-likeness (QED) is 0.714. The predicted octanol–water partition coefficient (Wildman–Crippen LogP) is 0.663. The fourth-order valence-corrected chi connectivity index (χ4v) is 1.70. The maximum atomic E-state index is 12.0. The second-order valence-corrected chi connectivity index (χ2v) is 5.54. The number of amides is 1. The Morgan fingerprint density at radius 2 is 2.06 bits per heavy atom. The molecular formula is C12H23NO4. The lowest BCUT2D eigenvalue weighted by Gasteiger charge is -2.44. The van der Waals surface area contributed by atoms with E-state index in [4.69, 9.17) is 14.6 Å². The van der Waals surface area contributed by atoms with Gasteiger partial charge in [-0.15, -0.1) is 0 Å². The van der Waals surface area contributed by atoms with Crippen LogP contribution in [-0.4, -0.2) is 42.7 Å². The van der Waals surface area contributed by atoms with E-state index in [0.717, 1.165) is 0 Å². The molecular weight excluding hydrogens is 222 g/mol. The van der Waals surface area contributed by atoms with Crippen LogP contribution in [0.15, 0.2) is 0 Å². The van der Waals surface area contributed by atoms with Crippen molar-refractivity contribution in [1.82, 2.24) is 5.32 Å². The van der Waals surface area contributed by atoms with Crippen molar-refractivity contribution < 1.29 is 19.4 Å². The lowest BCUT2D eigenvalue weighted by atomic mass is 9.85. The van der Waals surface area contributed by atoms with Gasteiger partial charge in [0, 0.05) is 18.6 Å². The Balaban J connectivity index is 2.61. The zero-order valence-electron chi connectivity index (χ0n) is 11.1. The normalized spacial score (nSPS) is 26.5. The standard InChI is InChI=1S/C12H23NO4/c1-11(2)8-16-12(3,4)17-9(11)10(15)13-6-5-7-14/h9,14H,5-8H2,1-4H3,(H,13,15)/t9-/m1/s1. The van der Waals surface area contributed by atoms with E-state index in [1.54, 1.807) is 13.8 Å². The van der Waals surface area contributed by atoms with Crippen molar-refractivity contribution in [3.05, 3.63) is 0 Å². The Hall–Kier alpha value is -0.650. The maximum absolute atomic E-state index is 12.0. The summed E-state index contributed by atoms with van der Waals surface area (Å²) in [5.41, 5.74) is -0.348. The molecule has 0 aliphatic carbocycles. The highest BCUT2D eigenvalue weighted by Crippen LogP contribution is 2.34. The van der Waals surface area contributed by atoms with Gasteiger partial charge in [0.25, 0.3) is 0 Å². The van der Waals surface area contributed by atoms with E-state index in [9.17, 15) is 4.79 Å². The monoisotopic (exact) mass is 245 g/mol. The molecule has 100 valence electrons. The molecule has 2 N–H and O–H groups in total. The number of carbonyl (C=O) groups is 1. The number of carbonyl (C=O) groups excluding carboxylic acids is 1. The first-order valence-electron chi connectivity index (χ1n) is 5.99. The van der Waals surface area contributed by atoms with Crippen molar-refractivity contribution >= 4 is 5.91 Å². The van der Waals surface area contributed by atoms with E-state index in [0.29, 0.717) is 19.6 Å². The number of hydrogen-bond acceptors (Lipinski definition) is 4. The van der Waals surface area contributed by atoms with Crippen LogP contribution in [-0.2, 0) is 14.3 Å². The molecule has 1 aliphatic rings. The number of hydrogen-bond donors (Lipinski definition) is 2. The zero-order chi connectivity index (χ0) is 13.1. The number of ether oxygens (including phenoxy) is 2. The van der Waals surface area contributed by atoms with Gasteiger partial charge in [0.05, 0.1) is 6.61 Å². The van der Waals surface area contributed by atoms with Crippen molar-refractivity contribution in [2.75, 3.05) is 19.8 Å². The Morgan fingerprint density at radius 3 is 2.65 bits per heavy atom. The third kappa shape index (κ3) is 3.94. The smallest absolute Gasteiger partial charge is 0.249 e. The van der Waals surface area contributed by atoms with Gasteiger partial charge in [-0.1, -0.05) is 13.8 Å². The molecule has 1 fully saturated rings. The SMILES string of the molecule is CC1(C)OCC(C)(C)[C@@H](C(=O)NCCCO)O1. The molecule has 1 heterocycles. The van der Waals surface area contributed by atoms with Crippen LogP contribution < -0.4 is 5.32 Å². The lowest BCUT2D eigenvalue weighted by molar-refractivity contribution is -0.304. The van der Waals surface area contributed by atoms with E-state index >= 15 is 0 Å². The molecule has 0 saturated carbocycles. The highest BCUT2D eigenvalue weighted by molar-refractivity contribution is 5.81. The fourth-order valence-electron chi connectivity index (χ4n) is 1.70. The minimum absolute atomic E-state index is 0.0732. The molecule has 0 bridgehead atoms. The molecule has 0 spiro atoms. The molecule has 17 heavy (non-hydrogen) atoms. The number of aliphatic hydroxyl groups is 1. The Bertz CT molecular complexity index is 276. The largest absolute Gasteiger partial charge is 0.396 e. The van der Waals surface area contributed by atoms with Crippen LogP contribution in [0.3, 0.4) is 0 Å². The molecule has 5 heteroatoms. The topological polar surface area (TPSA) is 67.8 Å². The molecule has 0 unspecified atom stereocenters. The Kier molecular flexibility index (Phi) is 4.52.